The minimum absolute atomic E-state index is 0.133. The first-order valence-electron chi connectivity index (χ1n) is 10.5. The predicted octanol–water partition coefficient (Wildman–Crippen LogP) is 3.80. The van der Waals surface area contributed by atoms with E-state index in [0.29, 0.717) is 4.91 Å². The van der Waals surface area contributed by atoms with Crippen LogP contribution in [0.3, 0.4) is 0 Å². The standard InChI is InChI=1S/C24H25N3O2S/c1-17-13-20-14-19(7-8-21(20)29-17)15-22-23(28)25-24(30-22)27-11-9-26(10-12-27)16-18-5-3-2-4-6-18/h2-8,14-15,17H,9-13,16H2,1H3/b22-15+/t17-/m1/s1. The number of benzene rings is 2. The van der Waals surface area contributed by atoms with Gasteiger partial charge in [0.2, 0.25) is 0 Å². The summed E-state index contributed by atoms with van der Waals surface area (Å²) in [5.74, 6) is 0.826. The summed E-state index contributed by atoms with van der Waals surface area (Å²) in [5, 5.41) is 0.837. The highest BCUT2D eigenvalue weighted by atomic mass is 32.2. The van der Waals surface area contributed by atoms with E-state index in [1.807, 2.05) is 18.2 Å². The number of carbonyl (C=O) groups is 1. The lowest BCUT2D eigenvalue weighted by Crippen LogP contribution is -2.47. The van der Waals surface area contributed by atoms with Gasteiger partial charge in [0.25, 0.3) is 5.91 Å². The number of fused-ring (bicyclic) bond motifs is 1. The summed E-state index contributed by atoms with van der Waals surface area (Å²) in [6.45, 7) is 6.79. The topological polar surface area (TPSA) is 45.1 Å². The van der Waals surface area contributed by atoms with Crippen molar-refractivity contribution in [1.82, 2.24) is 9.80 Å². The Morgan fingerprint density at radius 1 is 1.13 bits per heavy atom. The number of hydrogen-bond acceptors (Lipinski definition) is 5. The first kappa shape index (κ1) is 19.4. The molecule has 1 atom stereocenters. The van der Waals surface area contributed by atoms with E-state index >= 15 is 0 Å². The van der Waals surface area contributed by atoms with Crippen LogP contribution in [0.1, 0.15) is 23.6 Å². The Bertz CT molecular complexity index is 1010. The number of aliphatic imine (C=N–C) groups is 1. The second-order valence-corrected chi connectivity index (χ2v) is 9.07. The summed E-state index contributed by atoms with van der Waals surface area (Å²) >= 11 is 1.50. The number of rotatable bonds is 3. The first-order valence-corrected chi connectivity index (χ1v) is 11.3. The van der Waals surface area contributed by atoms with Crippen LogP contribution < -0.4 is 4.74 Å². The Labute approximate surface area is 181 Å². The maximum absolute atomic E-state index is 12.5. The van der Waals surface area contributed by atoms with Crippen molar-refractivity contribution < 1.29 is 9.53 Å². The molecule has 6 heteroatoms. The van der Waals surface area contributed by atoms with Crippen LogP contribution in [0, 0.1) is 0 Å². The number of piperazine rings is 1. The van der Waals surface area contributed by atoms with Crippen molar-refractivity contribution in [3.05, 3.63) is 70.1 Å². The number of carbonyl (C=O) groups excluding carboxylic acids is 1. The molecule has 0 aromatic heterocycles. The molecule has 0 saturated carbocycles. The van der Waals surface area contributed by atoms with Crippen LogP contribution in [0.2, 0.25) is 0 Å². The van der Waals surface area contributed by atoms with Crippen molar-refractivity contribution in [2.45, 2.75) is 26.0 Å². The molecule has 5 rings (SSSR count). The Kier molecular flexibility index (Phi) is 5.35. The molecule has 2 aromatic carbocycles. The van der Waals surface area contributed by atoms with E-state index in [0.717, 1.165) is 55.6 Å². The molecule has 0 bridgehead atoms. The highest BCUT2D eigenvalue weighted by Crippen LogP contribution is 2.33. The van der Waals surface area contributed by atoms with Crippen LogP contribution in [-0.4, -0.2) is 53.2 Å². The van der Waals surface area contributed by atoms with Crippen LogP contribution in [0.25, 0.3) is 6.08 Å². The van der Waals surface area contributed by atoms with Crippen molar-refractivity contribution in [3.8, 4) is 5.75 Å². The summed E-state index contributed by atoms with van der Waals surface area (Å²) in [4.78, 5) is 22.2. The van der Waals surface area contributed by atoms with Gasteiger partial charge in [-0.05, 0) is 53.6 Å². The Morgan fingerprint density at radius 2 is 1.93 bits per heavy atom. The summed E-state index contributed by atoms with van der Waals surface area (Å²) in [5.41, 5.74) is 3.59. The van der Waals surface area contributed by atoms with Gasteiger partial charge in [-0.3, -0.25) is 9.69 Å². The molecule has 30 heavy (non-hydrogen) atoms. The van der Waals surface area contributed by atoms with Gasteiger partial charge in [0.15, 0.2) is 5.17 Å². The Balaban J connectivity index is 1.20. The molecule has 0 unspecified atom stereocenters. The zero-order valence-corrected chi connectivity index (χ0v) is 17.9. The molecular weight excluding hydrogens is 394 g/mol. The highest BCUT2D eigenvalue weighted by Gasteiger charge is 2.28. The quantitative estimate of drug-likeness (QED) is 0.708. The SMILES string of the molecule is C[C@@H]1Cc2cc(/C=C3/SC(N4CCN(Cc5ccccc5)CC4)=NC3=O)ccc2O1. The highest BCUT2D eigenvalue weighted by molar-refractivity contribution is 8.18. The Hall–Kier alpha value is -2.57. The van der Waals surface area contributed by atoms with Gasteiger partial charge in [0.05, 0.1) is 4.91 Å². The average molecular weight is 420 g/mol. The third kappa shape index (κ3) is 4.16. The third-order valence-electron chi connectivity index (χ3n) is 5.72. The maximum Gasteiger partial charge on any atom is 0.286 e. The molecule has 3 aliphatic heterocycles. The van der Waals surface area contributed by atoms with E-state index in [2.05, 4.69) is 58.1 Å². The molecule has 1 fully saturated rings. The first-order chi connectivity index (χ1) is 14.6. The van der Waals surface area contributed by atoms with Crippen LogP contribution in [0.15, 0.2) is 58.4 Å². The van der Waals surface area contributed by atoms with Crippen LogP contribution >= 0.6 is 11.8 Å². The molecule has 1 amide bonds. The van der Waals surface area contributed by atoms with Gasteiger partial charge < -0.3 is 9.64 Å². The summed E-state index contributed by atoms with van der Waals surface area (Å²) in [7, 11) is 0. The van der Waals surface area contributed by atoms with Gasteiger partial charge >= 0.3 is 0 Å². The lowest BCUT2D eigenvalue weighted by atomic mass is 10.1. The van der Waals surface area contributed by atoms with E-state index < -0.39 is 0 Å². The van der Waals surface area contributed by atoms with Crippen molar-refractivity contribution >= 4 is 28.9 Å². The average Bonchev–Trinajstić information content (AvgIpc) is 3.30. The summed E-state index contributed by atoms with van der Waals surface area (Å²) < 4.78 is 5.77. The molecule has 5 nitrogen and oxygen atoms in total. The van der Waals surface area contributed by atoms with Crippen LogP contribution in [-0.2, 0) is 17.8 Å². The van der Waals surface area contributed by atoms with E-state index in [-0.39, 0.29) is 12.0 Å². The fraction of sp³-hybridized carbons (Fsp3) is 0.333. The lowest BCUT2D eigenvalue weighted by Gasteiger charge is -2.35. The third-order valence-corrected chi connectivity index (χ3v) is 6.76. The van der Waals surface area contributed by atoms with Gasteiger partial charge in [-0.1, -0.05) is 36.4 Å². The molecule has 0 radical (unpaired) electrons. The second kappa shape index (κ2) is 8.28. The number of nitrogens with zero attached hydrogens (tertiary/aromatic N) is 3. The van der Waals surface area contributed by atoms with Crippen LogP contribution in [0.4, 0.5) is 0 Å². The number of ether oxygens (including phenoxy) is 1. The molecule has 1 saturated heterocycles. The van der Waals surface area contributed by atoms with E-state index in [4.69, 9.17) is 4.74 Å². The molecule has 0 aliphatic carbocycles. The van der Waals surface area contributed by atoms with Gasteiger partial charge in [-0.2, -0.15) is 4.99 Å². The molecule has 154 valence electrons. The van der Waals surface area contributed by atoms with E-state index in [1.54, 1.807) is 0 Å². The normalized spacial score (nSPS) is 22.9. The number of amides is 1. The molecule has 2 aromatic rings. The maximum atomic E-state index is 12.5. The summed E-state index contributed by atoms with van der Waals surface area (Å²) in [6, 6.07) is 16.7. The van der Waals surface area contributed by atoms with Crippen molar-refractivity contribution in [2.75, 3.05) is 26.2 Å². The second-order valence-electron chi connectivity index (χ2n) is 8.06. The molecular formula is C24H25N3O2S. The number of thioether (sulfide) groups is 1. The minimum Gasteiger partial charge on any atom is -0.490 e. The zero-order valence-electron chi connectivity index (χ0n) is 17.1. The Morgan fingerprint density at radius 3 is 2.73 bits per heavy atom. The predicted molar refractivity (Wildman–Crippen MR) is 122 cm³/mol. The fourth-order valence-electron chi connectivity index (χ4n) is 4.16. The largest absolute Gasteiger partial charge is 0.490 e. The zero-order chi connectivity index (χ0) is 20.5. The fourth-order valence-corrected chi connectivity index (χ4v) is 5.12. The summed E-state index contributed by atoms with van der Waals surface area (Å²) in [6.07, 6.45) is 3.10. The van der Waals surface area contributed by atoms with Crippen molar-refractivity contribution in [2.24, 2.45) is 4.99 Å². The lowest BCUT2D eigenvalue weighted by molar-refractivity contribution is -0.113. The molecule has 3 heterocycles. The monoisotopic (exact) mass is 419 g/mol. The number of amidine groups is 1. The van der Waals surface area contributed by atoms with Crippen LogP contribution in [0.5, 0.6) is 5.75 Å². The van der Waals surface area contributed by atoms with Gasteiger partial charge in [0.1, 0.15) is 11.9 Å². The smallest absolute Gasteiger partial charge is 0.286 e. The van der Waals surface area contributed by atoms with Gasteiger partial charge in [-0.25, -0.2) is 0 Å². The van der Waals surface area contributed by atoms with Crippen molar-refractivity contribution in [3.63, 3.8) is 0 Å². The van der Waals surface area contributed by atoms with E-state index in [9.17, 15) is 4.79 Å². The molecule has 0 N–H and O–H groups in total. The van der Waals surface area contributed by atoms with Gasteiger partial charge in [0, 0.05) is 39.1 Å². The van der Waals surface area contributed by atoms with Gasteiger partial charge in [-0.15, -0.1) is 0 Å². The van der Waals surface area contributed by atoms with Crippen molar-refractivity contribution in [1.29, 1.82) is 0 Å². The molecule has 3 aliphatic rings. The minimum atomic E-state index is -0.133. The molecule has 0 spiro atoms. The number of hydrogen-bond donors (Lipinski definition) is 0. The van der Waals surface area contributed by atoms with E-state index in [1.165, 1.54) is 22.9 Å².